The summed E-state index contributed by atoms with van der Waals surface area (Å²) in [5.41, 5.74) is 8.11. The lowest BCUT2D eigenvalue weighted by Crippen LogP contribution is -2.35. The fourth-order valence-electron chi connectivity index (χ4n) is 2.88. The third kappa shape index (κ3) is 2.71. The van der Waals surface area contributed by atoms with Crippen LogP contribution in [0, 0.1) is 5.92 Å². The first-order valence-corrected chi connectivity index (χ1v) is 8.24. The molecule has 0 aliphatic carbocycles. The Bertz CT molecular complexity index is 684. The maximum Gasteiger partial charge on any atom is 0.277 e. The van der Waals surface area contributed by atoms with E-state index >= 15 is 0 Å². The number of thiazole rings is 1. The summed E-state index contributed by atoms with van der Waals surface area (Å²) in [5, 5.41) is 2.59. The zero-order valence-electron chi connectivity index (χ0n) is 12.8. The fourth-order valence-corrected chi connectivity index (χ4v) is 3.53. The summed E-state index contributed by atoms with van der Waals surface area (Å²) >= 11 is 1.44. The molecule has 1 aliphatic rings. The van der Waals surface area contributed by atoms with Gasteiger partial charge in [-0.1, -0.05) is 19.1 Å². The van der Waals surface area contributed by atoms with Crippen LogP contribution in [0.15, 0.2) is 29.6 Å². The number of fused-ring (bicyclic) bond motifs is 1. The van der Waals surface area contributed by atoms with Gasteiger partial charge in [0, 0.05) is 32.1 Å². The SMILES string of the molecule is CC1CN(C)c2ccccc2N(C(=O)c2csc(CN)n2)C1. The first-order chi connectivity index (χ1) is 10.6. The van der Waals surface area contributed by atoms with E-state index in [2.05, 4.69) is 29.9 Å². The van der Waals surface area contributed by atoms with Crippen molar-refractivity contribution in [2.24, 2.45) is 11.7 Å². The lowest BCUT2D eigenvalue weighted by Gasteiger charge is -2.23. The largest absolute Gasteiger partial charge is 0.373 e. The standard InChI is InChI=1S/C16H20N4OS/c1-11-8-19(2)13-5-3-4-6-14(13)20(9-11)16(21)12-10-22-15(7-17)18-12/h3-6,10-11H,7-9,17H2,1-2H3. The number of hydrogen-bond donors (Lipinski definition) is 1. The van der Waals surface area contributed by atoms with Crippen LogP contribution in [0.5, 0.6) is 0 Å². The van der Waals surface area contributed by atoms with E-state index in [1.807, 2.05) is 23.1 Å². The van der Waals surface area contributed by atoms with Gasteiger partial charge >= 0.3 is 0 Å². The van der Waals surface area contributed by atoms with Crippen molar-refractivity contribution in [1.29, 1.82) is 0 Å². The Labute approximate surface area is 134 Å². The van der Waals surface area contributed by atoms with Gasteiger partial charge in [0.25, 0.3) is 5.91 Å². The van der Waals surface area contributed by atoms with Crippen LogP contribution < -0.4 is 15.5 Å². The molecule has 1 unspecified atom stereocenters. The van der Waals surface area contributed by atoms with Crippen molar-refractivity contribution in [3.63, 3.8) is 0 Å². The van der Waals surface area contributed by atoms with Gasteiger partial charge in [-0.05, 0) is 18.1 Å². The zero-order chi connectivity index (χ0) is 15.7. The van der Waals surface area contributed by atoms with E-state index in [9.17, 15) is 4.79 Å². The van der Waals surface area contributed by atoms with Crippen LogP contribution in [-0.2, 0) is 6.54 Å². The lowest BCUT2D eigenvalue weighted by atomic mass is 10.1. The van der Waals surface area contributed by atoms with Gasteiger partial charge in [0.05, 0.1) is 11.4 Å². The molecule has 116 valence electrons. The van der Waals surface area contributed by atoms with Crippen LogP contribution in [0.3, 0.4) is 0 Å². The van der Waals surface area contributed by atoms with Crippen molar-refractivity contribution in [3.8, 4) is 0 Å². The second kappa shape index (κ2) is 6.06. The minimum Gasteiger partial charge on any atom is -0.373 e. The molecule has 3 rings (SSSR count). The molecule has 1 amide bonds. The molecule has 22 heavy (non-hydrogen) atoms. The van der Waals surface area contributed by atoms with Gasteiger partial charge in [0.15, 0.2) is 0 Å². The predicted molar refractivity (Wildman–Crippen MR) is 90.6 cm³/mol. The number of carbonyl (C=O) groups is 1. The monoisotopic (exact) mass is 316 g/mol. The molecule has 0 saturated carbocycles. The van der Waals surface area contributed by atoms with Crippen LogP contribution in [0.25, 0.3) is 0 Å². The smallest absolute Gasteiger partial charge is 0.277 e. The molecule has 6 heteroatoms. The predicted octanol–water partition coefficient (Wildman–Crippen LogP) is 2.33. The van der Waals surface area contributed by atoms with Crippen LogP contribution in [-0.4, -0.2) is 31.0 Å². The van der Waals surface area contributed by atoms with Gasteiger partial charge in [-0.2, -0.15) is 0 Å². The minimum atomic E-state index is -0.0504. The molecule has 0 fully saturated rings. The van der Waals surface area contributed by atoms with Crippen LogP contribution in [0.4, 0.5) is 11.4 Å². The van der Waals surface area contributed by atoms with E-state index < -0.39 is 0 Å². The fraction of sp³-hybridized carbons (Fsp3) is 0.375. The van der Waals surface area contributed by atoms with E-state index in [4.69, 9.17) is 5.73 Å². The maximum absolute atomic E-state index is 12.9. The Hall–Kier alpha value is -1.92. The normalized spacial score (nSPS) is 18.0. The highest BCUT2D eigenvalue weighted by molar-refractivity contribution is 7.09. The summed E-state index contributed by atoms with van der Waals surface area (Å²) < 4.78 is 0. The van der Waals surface area contributed by atoms with Crippen molar-refractivity contribution in [2.45, 2.75) is 13.5 Å². The highest BCUT2D eigenvalue weighted by atomic mass is 32.1. The molecule has 2 heterocycles. The molecule has 0 spiro atoms. The number of anilines is 2. The van der Waals surface area contributed by atoms with Crippen molar-refractivity contribution < 1.29 is 4.79 Å². The minimum absolute atomic E-state index is 0.0504. The molecule has 5 nitrogen and oxygen atoms in total. The number of carbonyl (C=O) groups excluding carboxylic acids is 1. The van der Waals surface area contributed by atoms with E-state index in [0.29, 0.717) is 24.7 Å². The zero-order valence-corrected chi connectivity index (χ0v) is 13.6. The molecule has 2 aromatic rings. The summed E-state index contributed by atoms with van der Waals surface area (Å²) in [4.78, 5) is 21.3. The Kier molecular flexibility index (Phi) is 4.13. The quantitative estimate of drug-likeness (QED) is 0.924. The molecule has 0 radical (unpaired) electrons. The summed E-state index contributed by atoms with van der Waals surface area (Å²) in [6.45, 7) is 4.14. The maximum atomic E-state index is 12.9. The first kappa shape index (κ1) is 15.0. The number of benzene rings is 1. The van der Waals surface area contributed by atoms with Gasteiger partial charge in [0.2, 0.25) is 0 Å². The molecule has 0 bridgehead atoms. The van der Waals surface area contributed by atoms with Gasteiger partial charge in [0.1, 0.15) is 10.7 Å². The number of nitrogens with two attached hydrogens (primary N) is 1. The Balaban J connectivity index is 2.00. The van der Waals surface area contributed by atoms with Crippen molar-refractivity contribution in [2.75, 3.05) is 29.9 Å². The van der Waals surface area contributed by atoms with E-state index in [0.717, 1.165) is 22.9 Å². The lowest BCUT2D eigenvalue weighted by molar-refractivity contribution is 0.0980. The highest BCUT2D eigenvalue weighted by Gasteiger charge is 2.28. The summed E-state index contributed by atoms with van der Waals surface area (Å²) in [5.74, 6) is 0.333. The molecular weight excluding hydrogens is 296 g/mol. The third-order valence-corrected chi connectivity index (χ3v) is 4.73. The van der Waals surface area contributed by atoms with Crippen molar-refractivity contribution in [1.82, 2.24) is 4.98 Å². The van der Waals surface area contributed by atoms with E-state index in [-0.39, 0.29) is 5.91 Å². The molecule has 1 aromatic heterocycles. The van der Waals surface area contributed by atoms with Gasteiger partial charge in [-0.15, -0.1) is 11.3 Å². The Morgan fingerprint density at radius 1 is 1.36 bits per heavy atom. The summed E-state index contributed by atoms with van der Waals surface area (Å²) in [6, 6.07) is 8.02. The van der Waals surface area contributed by atoms with Gasteiger partial charge in [-0.3, -0.25) is 4.79 Å². The van der Waals surface area contributed by atoms with Crippen LogP contribution in [0.1, 0.15) is 22.4 Å². The molecule has 2 N–H and O–H groups in total. The molecule has 0 saturated heterocycles. The van der Waals surface area contributed by atoms with Crippen molar-refractivity contribution in [3.05, 3.63) is 40.3 Å². The van der Waals surface area contributed by atoms with Crippen molar-refractivity contribution >= 4 is 28.6 Å². The topological polar surface area (TPSA) is 62.5 Å². The number of para-hydroxylation sites is 2. The second-order valence-electron chi connectivity index (χ2n) is 5.72. The average Bonchev–Trinajstić information content (AvgIpc) is 2.96. The number of amides is 1. The van der Waals surface area contributed by atoms with Crippen LogP contribution >= 0.6 is 11.3 Å². The highest BCUT2D eigenvalue weighted by Crippen LogP contribution is 2.33. The molecule has 1 aliphatic heterocycles. The van der Waals surface area contributed by atoms with Gasteiger partial charge in [-0.25, -0.2) is 4.98 Å². The molecule has 1 aromatic carbocycles. The summed E-state index contributed by atoms with van der Waals surface area (Å²) in [6.07, 6.45) is 0. The molecular formula is C16H20N4OS. The van der Waals surface area contributed by atoms with Gasteiger partial charge < -0.3 is 15.5 Å². The Morgan fingerprint density at radius 3 is 2.77 bits per heavy atom. The average molecular weight is 316 g/mol. The summed E-state index contributed by atoms with van der Waals surface area (Å²) in [7, 11) is 2.07. The van der Waals surface area contributed by atoms with E-state index in [1.165, 1.54) is 11.3 Å². The number of rotatable bonds is 2. The molecule has 1 atom stereocenters. The Morgan fingerprint density at radius 2 is 2.09 bits per heavy atom. The number of nitrogens with zero attached hydrogens (tertiary/aromatic N) is 3. The second-order valence-corrected chi connectivity index (χ2v) is 6.66. The van der Waals surface area contributed by atoms with E-state index in [1.54, 1.807) is 5.38 Å². The number of hydrogen-bond acceptors (Lipinski definition) is 5. The third-order valence-electron chi connectivity index (χ3n) is 3.85. The number of aromatic nitrogens is 1. The van der Waals surface area contributed by atoms with Crippen LogP contribution in [0.2, 0.25) is 0 Å². The first-order valence-electron chi connectivity index (χ1n) is 7.36.